The molecule has 1 aliphatic rings. The topological polar surface area (TPSA) is 107 Å². The quantitative estimate of drug-likeness (QED) is 0.412. The number of para-hydroxylation sites is 2. The number of halogens is 1. The van der Waals surface area contributed by atoms with Gasteiger partial charge in [-0.15, -0.1) is 0 Å². The fraction of sp³-hybridized carbons (Fsp3) is 0.217. The van der Waals surface area contributed by atoms with Gasteiger partial charge in [-0.1, -0.05) is 40.2 Å². The first kappa shape index (κ1) is 20.6. The molecule has 0 bridgehead atoms. The summed E-state index contributed by atoms with van der Waals surface area (Å²) in [4.78, 5) is 22.5. The van der Waals surface area contributed by atoms with Crippen molar-refractivity contribution in [2.75, 3.05) is 18.9 Å². The van der Waals surface area contributed by atoms with Gasteiger partial charge in [-0.2, -0.15) is 9.78 Å². The fourth-order valence-electron chi connectivity index (χ4n) is 3.80. The van der Waals surface area contributed by atoms with E-state index in [2.05, 4.69) is 26.3 Å². The van der Waals surface area contributed by atoms with Gasteiger partial charge in [0.1, 0.15) is 16.9 Å². The van der Waals surface area contributed by atoms with E-state index in [9.17, 15) is 4.79 Å². The molecule has 5 rings (SSSR count). The van der Waals surface area contributed by atoms with E-state index < -0.39 is 0 Å². The van der Waals surface area contributed by atoms with Crippen LogP contribution in [0.5, 0.6) is 0 Å². The van der Waals surface area contributed by atoms with Crippen molar-refractivity contribution in [1.82, 2.24) is 20.0 Å². The Morgan fingerprint density at radius 3 is 2.81 bits per heavy atom. The third-order valence-corrected chi connectivity index (χ3v) is 5.88. The van der Waals surface area contributed by atoms with Crippen LogP contribution in [0.25, 0.3) is 22.2 Å². The monoisotopic (exact) mass is 492 g/mol. The predicted molar refractivity (Wildman–Crippen MR) is 128 cm³/mol. The summed E-state index contributed by atoms with van der Waals surface area (Å²) >= 11 is 3.46. The van der Waals surface area contributed by atoms with Crippen molar-refractivity contribution in [3.8, 4) is 0 Å². The largest absolute Gasteiger partial charge is 0.383 e. The Bertz CT molecular complexity index is 1340. The average Bonchev–Trinajstić information content (AvgIpc) is 3.40. The molecule has 0 radical (unpaired) electrons. The van der Waals surface area contributed by atoms with Crippen molar-refractivity contribution >= 4 is 56.1 Å². The van der Waals surface area contributed by atoms with E-state index in [1.165, 1.54) is 4.68 Å². The minimum absolute atomic E-state index is 0.0231. The second-order valence-electron chi connectivity index (χ2n) is 7.60. The van der Waals surface area contributed by atoms with Crippen LogP contribution in [-0.4, -0.2) is 46.0 Å². The predicted octanol–water partition coefficient (Wildman–Crippen LogP) is 3.72. The summed E-state index contributed by atoms with van der Waals surface area (Å²) in [6.07, 6.45) is 3.63. The Morgan fingerprint density at radius 1 is 1.25 bits per heavy atom. The van der Waals surface area contributed by atoms with Crippen LogP contribution < -0.4 is 11.1 Å². The number of carbonyl (C=O) groups excluding carboxylic acids is 1. The zero-order valence-electron chi connectivity index (χ0n) is 17.2. The van der Waals surface area contributed by atoms with Gasteiger partial charge in [0.15, 0.2) is 5.65 Å². The van der Waals surface area contributed by atoms with Crippen LogP contribution in [0.1, 0.15) is 28.8 Å². The van der Waals surface area contributed by atoms with E-state index in [-0.39, 0.29) is 23.4 Å². The van der Waals surface area contributed by atoms with Gasteiger partial charge < -0.3 is 15.8 Å². The molecule has 0 unspecified atom stereocenters. The molecule has 1 saturated heterocycles. The zero-order chi connectivity index (χ0) is 22.1. The van der Waals surface area contributed by atoms with Gasteiger partial charge in [-0.3, -0.25) is 4.79 Å². The molecule has 1 fully saturated rings. The van der Waals surface area contributed by atoms with Crippen molar-refractivity contribution in [3.05, 3.63) is 64.1 Å². The molecule has 2 aromatic carbocycles. The number of amides is 1. The fourth-order valence-corrected chi connectivity index (χ4v) is 4.22. The van der Waals surface area contributed by atoms with Crippen molar-refractivity contribution in [3.63, 3.8) is 0 Å². The lowest BCUT2D eigenvalue weighted by molar-refractivity contribution is 0.0859. The number of nitrogens with two attached hydrogens (primary N) is 1. The summed E-state index contributed by atoms with van der Waals surface area (Å²) in [7, 11) is 0. The lowest BCUT2D eigenvalue weighted by Crippen LogP contribution is -2.32. The van der Waals surface area contributed by atoms with Crippen LogP contribution in [0, 0.1) is 0 Å². The Balaban J connectivity index is 1.59. The zero-order valence-corrected chi connectivity index (χ0v) is 18.7. The number of benzene rings is 2. The van der Waals surface area contributed by atoms with Gasteiger partial charge in [0, 0.05) is 17.6 Å². The number of fused-ring (bicyclic) bond motifs is 2. The van der Waals surface area contributed by atoms with E-state index in [1.54, 1.807) is 6.21 Å². The van der Waals surface area contributed by atoms with Crippen LogP contribution >= 0.6 is 15.9 Å². The molecule has 9 heteroatoms. The molecule has 4 aromatic rings. The Labute approximate surface area is 192 Å². The van der Waals surface area contributed by atoms with Crippen molar-refractivity contribution in [2.24, 2.45) is 5.10 Å². The summed E-state index contributed by atoms with van der Waals surface area (Å²) in [5.74, 6) is -0.129. The highest BCUT2D eigenvalue weighted by atomic mass is 79.9. The molecule has 0 spiro atoms. The van der Waals surface area contributed by atoms with Gasteiger partial charge in [-0.05, 0) is 42.7 Å². The van der Waals surface area contributed by atoms with Gasteiger partial charge >= 0.3 is 0 Å². The summed E-state index contributed by atoms with van der Waals surface area (Å²) in [6.45, 7) is 1.15. The lowest BCUT2D eigenvalue weighted by Gasteiger charge is -2.10. The van der Waals surface area contributed by atoms with Crippen LogP contribution in [0.3, 0.4) is 0 Å². The normalized spacial score (nSPS) is 16.3. The van der Waals surface area contributed by atoms with E-state index in [0.717, 1.165) is 29.5 Å². The molecule has 162 valence electrons. The average molecular weight is 493 g/mol. The highest BCUT2D eigenvalue weighted by molar-refractivity contribution is 9.10. The summed E-state index contributed by atoms with van der Waals surface area (Å²) in [6, 6.07) is 15.2. The number of carbonyl (C=O) groups is 1. The molecule has 32 heavy (non-hydrogen) atoms. The van der Waals surface area contributed by atoms with Crippen LogP contribution in [0.15, 0.2) is 58.1 Å². The molecular weight excluding hydrogens is 472 g/mol. The molecule has 0 saturated carbocycles. The van der Waals surface area contributed by atoms with Crippen molar-refractivity contribution in [2.45, 2.75) is 18.9 Å². The highest BCUT2D eigenvalue weighted by Gasteiger charge is 2.25. The van der Waals surface area contributed by atoms with E-state index in [1.807, 2.05) is 48.5 Å². The second kappa shape index (κ2) is 8.68. The van der Waals surface area contributed by atoms with Crippen molar-refractivity contribution in [1.29, 1.82) is 0 Å². The Kier molecular flexibility index (Phi) is 5.59. The molecule has 3 heterocycles. The van der Waals surface area contributed by atoms with Gasteiger partial charge in [-0.25, -0.2) is 9.97 Å². The number of ether oxygens (including phenoxy) is 1. The summed E-state index contributed by atoms with van der Waals surface area (Å²) in [5.41, 5.74) is 9.78. The standard InChI is InChI=1S/C23H21BrN6O2/c24-15-6-3-5-14(11-15)12-27-30-21(25)19(23(31)26-13-16-7-4-10-32-16)20-22(30)29-18-9-2-1-8-17(18)28-20/h1-3,5-6,8-9,11-12,16H,4,7,10,13,25H2,(H,26,31)/t16-/m1/s1. The summed E-state index contributed by atoms with van der Waals surface area (Å²) < 4.78 is 8.02. The van der Waals surface area contributed by atoms with Crippen LogP contribution in [-0.2, 0) is 4.74 Å². The van der Waals surface area contributed by atoms with Crippen molar-refractivity contribution < 1.29 is 9.53 Å². The number of hydrogen-bond donors (Lipinski definition) is 2. The van der Waals surface area contributed by atoms with Gasteiger partial charge in [0.05, 0.1) is 23.4 Å². The first-order valence-electron chi connectivity index (χ1n) is 10.4. The number of nitrogens with zero attached hydrogens (tertiary/aromatic N) is 4. The summed E-state index contributed by atoms with van der Waals surface area (Å²) in [5, 5.41) is 7.46. The minimum atomic E-state index is -0.316. The smallest absolute Gasteiger partial charge is 0.257 e. The number of rotatable bonds is 5. The SMILES string of the molecule is Nc1c(C(=O)NC[C@H]2CCCO2)c2nc3ccccc3nc2n1N=Cc1cccc(Br)c1. The maximum absolute atomic E-state index is 13.1. The van der Waals surface area contributed by atoms with Crippen LogP contribution in [0.2, 0.25) is 0 Å². The highest BCUT2D eigenvalue weighted by Crippen LogP contribution is 2.28. The maximum atomic E-state index is 13.1. The van der Waals surface area contributed by atoms with E-state index in [0.29, 0.717) is 28.7 Å². The number of hydrogen-bond acceptors (Lipinski definition) is 6. The number of aromatic nitrogens is 3. The molecular formula is C23H21BrN6O2. The van der Waals surface area contributed by atoms with E-state index >= 15 is 0 Å². The molecule has 3 N–H and O–H groups in total. The second-order valence-corrected chi connectivity index (χ2v) is 8.52. The Hall–Kier alpha value is -3.30. The first-order valence-corrected chi connectivity index (χ1v) is 11.2. The molecule has 1 atom stereocenters. The van der Waals surface area contributed by atoms with E-state index in [4.69, 9.17) is 20.4 Å². The van der Waals surface area contributed by atoms with Gasteiger partial charge in [0.2, 0.25) is 0 Å². The third-order valence-electron chi connectivity index (χ3n) is 5.39. The number of nitrogens with one attached hydrogen (secondary N) is 1. The lowest BCUT2D eigenvalue weighted by atomic mass is 10.2. The molecule has 2 aromatic heterocycles. The number of nitrogen functional groups attached to an aromatic ring is 1. The minimum Gasteiger partial charge on any atom is -0.383 e. The van der Waals surface area contributed by atoms with Gasteiger partial charge in [0.25, 0.3) is 5.91 Å². The molecule has 1 aliphatic heterocycles. The third kappa shape index (κ3) is 3.96. The van der Waals surface area contributed by atoms with Crippen LogP contribution in [0.4, 0.5) is 5.82 Å². The molecule has 8 nitrogen and oxygen atoms in total. The number of anilines is 1. The first-order chi connectivity index (χ1) is 15.6. The molecule has 1 amide bonds. The molecule has 0 aliphatic carbocycles. The Morgan fingerprint density at radius 2 is 2.06 bits per heavy atom. The maximum Gasteiger partial charge on any atom is 0.257 e.